The fourth-order valence-corrected chi connectivity index (χ4v) is 8.48. The monoisotopic (exact) mass is 925 g/mol. The molecule has 4 aromatic carbocycles. The van der Waals surface area contributed by atoms with Crippen LogP contribution in [0.2, 0.25) is 0 Å². The quantitative estimate of drug-likeness (QED) is 0.0594. The lowest BCUT2D eigenvalue weighted by molar-refractivity contribution is -0.319. The number of carbonyl (C=O) groups excluding carboxylic acids is 3. The van der Waals surface area contributed by atoms with Gasteiger partial charge in [0.25, 0.3) is 0 Å². The van der Waals surface area contributed by atoms with E-state index in [0.29, 0.717) is 23.1 Å². The zero-order valence-electron chi connectivity index (χ0n) is 35.2. The first-order chi connectivity index (χ1) is 30.7. The number of methoxy groups -OCH3 is 1. The van der Waals surface area contributed by atoms with Crippen LogP contribution in [0.15, 0.2) is 136 Å². The number of esters is 1. The van der Waals surface area contributed by atoms with E-state index in [2.05, 4.69) is 15.9 Å². The summed E-state index contributed by atoms with van der Waals surface area (Å²) in [6, 6.07) is 39.0. The number of hydrogen-bond donors (Lipinski definition) is 1. The highest BCUT2D eigenvalue weighted by molar-refractivity contribution is 9.10. The molecule has 0 radical (unpaired) electrons. The summed E-state index contributed by atoms with van der Waals surface area (Å²) in [5.41, 5.74) is 3.43. The summed E-state index contributed by atoms with van der Waals surface area (Å²) >= 11 is 3.64. The Kier molecular flexibility index (Phi) is 16.3. The Morgan fingerprint density at radius 3 is 1.98 bits per heavy atom. The van der Waals surface area contributed by atoms with Gasteiger partial charge in [0.1, 0.15) is 48.6 Å². The molecule has 3 heterocycles. The van der Waals surface area contributed by atoms with E-state index in [9.17, 15) is 19.5 Å². The number of rotatable bonds is 20. The average molecular weight is 927 g/mol. The fourth-order valence-electron chi connectivity index (χ4n) is 7.98. The lowest BCUT2D eigenvalue weighted by Gasteiger charge is -2.45. The molecular weight excluding hydrogens is 874 g/mol. The van der Waals surface area contributed by atoms with Gasteiger partial charge in [-0.05, 0) is 57.1 Å². The van der Waals surface area contributed by atoms with Crippen molar-refractivity contribution in [2.24, 2.45) is 5.92 Å². The van der Waals surface area contributed by atoms with Gasteiger partial charge in [-0.25, -0.2) is 9.69 Å². The third kappa shape index (κ3) is 11.7. The van der Waals surface area contributed by atoms with E-state index < -0.39 is 66.7 Å². The van der Waals surface area contributed by atoms with Gasteiger partial charge in [-0.3, -0.25) is 9.59 Å². The highest BCUT2D eigenvalue weighted by Gasteiger charge is 2.49. The van der Waals surface area contributed by atoms with Gasteiger partial charge in [0, 0.05) is 27.1 Å². The van der Waals surface area contributed by atoms with E-state index in [1.165, 1.54) is 14.0 Å². The SMILES string of the molecule is CO[C@H]1O[C@H](CO)[C@@H](OCc2ccccc2)[C@H](OCc2ccccc2)[C@@H]1OCCCc1oc([C@@H](OC(C)=O)[C@H](Cc2ccccc2)C(=O)N2C(=O)OC[C@@H]2c2ccccc2)cc1Br. The molecule has 2 saturated heterocycles. The lowest BCUT2D eigenvalue weighted by atomic mass is 9.90. The van der Waals surface area contributed by atoms with Crippen LogP contribution < -0.4 is 0 Å². The van der Waals surface area contributed by atoms with Crippen molar-refractivity contribution in [1.82, 2.24) is 4.90 Å². The molecule has 2 amide bonds. The molecule has 0 saturated carbocycles. The number of imide groups is 1. The Morgan fingerprint density at radius 2 is 1.40 bits per heavy atom. The van der Waals surface area contributed by atoms with Gasteiger partial charge in [-0.1, -0.05) is 121 Å². The van der Waals surface area contributed by atoms with Crippen molar-refractivity contribution in [2.75, 3.05) is 26.9 Å². The predicted octanol–water partition coefficient (Wildman–Crippen LogP) is 8.08. The van der Waals surface area contributed by atoms with Crippen LogP contribution in [0.1, 0.15) is 59.3 Å². The maximum absolute atomic E-state index is 14.7. The topological polar surface area (TPSA) is 152 Å². The molecule has 0 unspecified atom stereocenters. The van der Waals surface area contributed by atoms with Crippen LogP contribution in [0.3, 0.4) is 0 Å². The molecule has 2 fully saturated rings. The number of aliphatic hydroxyl groups excluding tert-OH is 1. The summed E-state index contributed by atoms with van der Waals surface area (Å²) in [4.78, 5) is 41.8. The lowest BCUT2D eigenvalue weighted by Crippen LogP contribution is -2.61. The van der Waals surface area contributed by atoms with E-state index >= 15 is 0 Å². The molecular formula is C49H52BrNO12. The minimum Gasteiger partial charge on any atom is -0.461 e. The molecule has 2 aliphatic heterocycles. The first-order valence-electron chi connectivity index (χ1n) is 21.0. The van der Waals surface area contributed by atoms with E-state index in [0.717, 1.165) is 27.2 Å². The third-order valence-corrected chi connectivity index (χ3v) is 11.7. The maximum atomic E-state index is 14.7. The van der Waals surface area contributed by atoms with Crippen molar-refractivity contribution in [3.8, 4) is 0 Å². The van der Waals surface area contributed by atoms with Gasteiger partial charge < -0.3 is 42.7 Å². The number of furan rings is 1. The second-order valence-electron chi connectivity index (χ2n) is 15.4. The van der Waals surface area contributed by atoms with Crippen molar-refractivity contribution in [3.05, 3.63) is 166 Å². The number of hydrogen-bond acceptors (Lipinski definition) is 12. The van der Waals surface area contributed by atoms with Crippen molar-refractivity contribution >= 4 is 33.9 Å². The number of amides is 2. The molecule has 0 aliphatic carbocycles. The van der Waals surface area contributed by atoms with E-state index in [-0.39, 0.29) is 45.2 Å². The molecule has 14 heteroatoms. The standard InChI is InChI=1S/C49H52BrNO12/c1-32(53)61-43(37(26-33-16-7-3-8-17-33)47(54)51-39(31-60-49(51)55)36-22-13-6-14-23-36)41-27-38(50)40(62-41)24-15-25-57-46-45(59-30-35-20-11-5-12-21-35)44(42(28-52)63-48(46)56-2)58-29-34-18-9-4-10-19-34/h3-14,16-23,27,37,39,42-46,48,52H,15,24-26,28-31H2,1-2H3/t37-,39+,42+,43-,44+,45-,46-,48-/m0/s1. The first kappa shape index (κ1) is 45.8. The number of benzene rings is 4. The van der Waals surface area contributed by atoms with Crippen molar-refractivity contribution in [1.29, 1.82) is 0 Å². The van der Waals surface area contributed by atoms with Crippen LogP contribution in [-0.4, -0.2) is 85.6 Å². The van der Waals surface area contributed by atoms with Gasteiger partial charge in [-0.15, -0.1) is 0 Å². The van der Waals surface area contributed by atoms with Crippen LogP contribution in [-0.2, 0) is 68.8 Å². The van der Waals surface area contributed by atoms with Crippen molar-refractivity contribution in [2.45, 2.75) is 82.3 Å². The van der Waals surface area contributed by atoms with E-state index in [4.69, 9.17) is 37.6 Å². The summed E-state index contributed by atoms with van der Waals surface area (Å²) in [7, 11) is 1.51. The molecule has 7 rings (SSSR count). The molecule has 8 atom stereocenters. The van der Waals surface area contributed by atoms with Gasteiger partial charge in [0.2, 0.25) is 5.91 Å². The number of cyclic esters (lactones) is 1. The fraction of sp³-hybridized carbons (Fsp3) is 0.367. The number of aryl methyl sites for hydroxylation is 1. The minimum absolute atomic E-state index is 0.00914. The second kappa shape index (κ2) is 22.4. The van der Waals surface area contributed by atoms with Gasteiger partial charge in [0.15, 0.2) is 12.4 Å². The Balaban J connectivity index is 1.09. The number of aliphatic hydroxyl groups is 1. The molecule has 0 spiro atoms. The van der Waals surface area contributed by atoms with Crippen molar-refractivity contribution in [3.63, 3.8) is 0 Å². The maximum Gasteiger partial charge on any atom is 0.417 e. The summed E-state index contributed by atoms with van der Waals surface area (Å²) in [5.74, 6) is -1.49. The molecule has 332 valence electrons. The first-order valence-corrected chi connectivity index (χ1v) is 21.8. The molecule has 1 N–H and O–H groups in total. The number of halogens is 1. The normalized spacial score (nSPS) is 22.0. The molecule has 1 aromatic heterocycles. The highest BCUT2D eigenvalue weighted by Crippen LogP contribution is 2.39. The Hall–Kier alpha value is -5.19. The molecule has 63 heavy (non-hydrogen) atoms. The van der Waals surface area contributed by atoms with Crippen LogP contribution in [0, 0.1) is 5.92 Å². The summed E-state index contributed by atoms with van der Waals surface area (Å²) in [6.07, 6.45) is -4.75. The zero-order chi connectivity index (χ0) is 44.1. The molecule has 13 nitrogen and oxygen atoms in total. The second-order valence-corrected chi connectivity index (χ2v) is 16.2. The highest BCUT2D eigenvalue weighted by atomic mass is 79.9. The Labute approximate surface area is 375 Å². The van der Waals surface area contributed by atoms with Crippen LogP contribution in [0.4, 0.5) is 4.79 Å². The zero-order valence-corrected chi connectivity index (χ0v) is 36.7. The van der Waals surface area contributed by atoms with E-state index in [1.807, 2.05) is 121 Å². The largest absolute Gasteiger partial charge is 0.461 e. The Bertz CT molecular complexity index is 2210. The van der Waals surface area contributed by atoms with Crippen molar-refractivity contribution < 1.29 is 57.1 Å². The van der Waals surface area contributed by atoms with Gasteiger partial charge >= 0.3 is 12.1 Å². The minimum atomic E-state index is -1.20. The predicted molar refractivity (Wildman–Crippen MR) is 233 cm³/mol. The Morgan fingerprint density at radius 1 is 0.810 bits per heavy atom. The molecule has 0 bridgehead atoms. The summed E-state index contributed by atoms with van der Waals surface area (Å²) < 4.78 is 49.8. The smallest absolute Gasteiger partial charge is 0.417 e. The van der Waals surface area contributed by atoms with Crippen LogP contribution in [0.5, 0.6) is 0 Å². The number of carbonyl (C=O) groups is 3. The van der Waals surface area contributed by atoms with Crippen LogP contribution in [0.25, 0.3) is 0 Å². The van der Waals surface area contributed by atoms with E-state index in [1.54, 1.807) is 6.07 Å². The number of nitrogens with zero attached hydrogens (tertiary/aromatic N) is 1. The third-order valence-electron chi connectivity index (χ3n) is 11.1. The average Bonchev–Trinajstić information content (AvgIpc) is 3.89. The number of ether oxygens (including phenoxy) is 7. The molecule has 5 aromatic rings. The van der Waals surface area contributed by atoms with Gasteiger partial charge in [0.05, 0.1) is 30.2 Å². The van der Waals surface area contributed by atoms with Gasteiger partial charge in [-0.2, -0.15) is 0 Å². The molecule has 2 aliphatic rings. The summed E-state index contributed by atoms with van der Waals surface area (Å²) in [6.45, 7) is 1.67. The summed E-state index contributed by atoms with van der Waals surface area (Å²) in [5, 5.41) is 10.4. The van der Waals surface area contributed by atoms with Crippen LogP contribution >= 0.6 is 15.9 Å².